The minimum absolute atomic E-state index is 0.193. The minimum Gasteiger partial charge on any atom is -0.466 e. The zero-order valence-corrected chi connectivity index (χ0v) is 18.5. The number of carbonyl (C=O) groups excluding carboxylic acids is 2. The van der Waals surface area contributed by atoms with Crippen LogP contribution in [0.2, 0.25) is 0 Å². The third-order valence-corrected chi connectivity index (χ3v) is 4.95. The molecule has 0 spiro atoms. The molecule has 2 aromatic carbocycles. The van der Waals surface area contributed by atoms with Crippen molar-refractivity contribution < 1.29 is 14.3 Å². The number of esters is 1. The molecule has 0 aliphatic carbocycles. The first kappa shape index (κ1) is 23.0. The van der Waals surface area contributed by atoms with E-state index in [2.05, 4.69) is 21.4 Å². The van der Waals surface area contributed by atoms with Gasteiger partial charge in [-0.3, -0.25) is 9.59 Å². The molecule has 3 rings (SSSR count). The lowest BCUT2D eigenvalue weighted by molar-refractivity contribution is -0.143. The first-order chi connectivity index (χ1) is 15.4. The van der Waals surface area contributed by atoms with Gasteiger partial charge < -0.3 is 14.6 Å². The number of imidazole rings is 1. The molecule has 1 aromatic heterocycles. The summed E-state index contributed by atoms with van der Waals surface area (Å²) >= 11 is 6.41. The number of carbonyl (C=O) groups is 2. The van der Waals surface area contributed by atoms with E-state index in [-0.39, 0.29) is 23.5 Å². The monoisotopic (exact) mass is 451 g/mol. The van der Waals surface area contributed by atoms with Crippen molar-refractivity contribution >= 4 is 45.4 Å². The molecule has 0 atom stereocenters. The van der Waals surface area contributed by atoms with E-state index >= 15 is 0 Å². The van der Waals surface area contributed by atoms with Gasteiger partial charge in [0.2, 0.25) is 0 Å². The quantitative estimate of drug-likeness (QED) is 0.318. The topological polar surface area (TPSA) is 109 Å². The molecule has 1 N–H and O–H groups in total. The maximum atomic E-state index is 12.4. The van der Waals surface area contributed by atoms with E-state index in [1.54, 1.807) is 54.0 Å². The Balaban J connectivity index is 1.72. The molecule has 0 unspecified atom stereocenters. The molecule has 0 fully saturated rings. The second-order valence-corrected chi connectivity index (χ2v) is 7.28. The normalized spacial score (nSPS) is 11.2. The average Bonchev–Trinajstić information content (AvgIpc) is 3.13. The number of nitrogens with one attached hydrogen (secondary N) is 1. The molecule has 0 bridgehead atoms. The van der Waals surface area contributed by atoms with E-state index < -0.39 is 0 Å². The Morgan fingerprint density at radius 2 is 2.00 bits per heavy atom. The summed E-state index contributed by atoms with van der Waals surface area (Å²) < 4.78 is 6.66. The molecule has 164 valence electrons. The van der Waals surface area contributed by atoms with Crippen LogP contribution in [0.1, 0.15) is 41.5 Å². The first-order valence-electron chi connectivity index (χ1n) is 10.1. The number of fused-ring (bicyclic) bond motifs is 1. The highest BCUT2D eigenvalue weighted by Crippen LogP contribution is 2.21. The van der Waals surface area contributed by atoms with E-state index in [0.29, 0.717) is 47.7 Å². The van der Waals surface area contributed by atoms with Crippen LogP contribution in [0.15, 0.2) is 47.5 Å². The predicted molar refractivity (Wildman–Crippen MR) is 122 cm³/mol. The summed E-state index contributed by atoms with van der Waals surface area (Å²) in [6.07, 6.45) is 0.760. The number of amides is 1. The van der Waals surface area contributed by atoms with Crippen molar-refractivity contribution in [2.45, 2.75) is 19.8 Å². The molecular formula is C23H22ClN5O3. The van der Waals surface area contributed by atoms with Crippen LogP contribution in [0.25, 0.3) is 11.0 Å². The summed E-state index contributed by atoms with van der Waals surface area (Å²) in [5.41, 5.74) is 3.00. The molecule has 0 aliphatic heterocycles. The van der Waals surface area contributed by atoms with Crippen molar-refractivity contribution in [3.8, 4) is 6.07 Å². The highest BCUT2D eigenvalue weighted by molar-refractivity contribution is 6.69. The van der Waals surface area contributed by atoms with Crippen LogP contribution in [0.4, 0.5) is 5.69 Å². The fourth-order valence-electron chi connectivity index (χ4n) is 3.07. The lowest BCUT2D eigenvalue weighted by atomic mass is 10.2. The largest absolute Gasteiger partial charge is 0.466 e. The number of aromatic nitrogens is 2. The maximum absolute atomic E-state index is 12.4. The number of rotatable bonds is 8. The van der Waals surface area contributed by atoms with Crippen LogP contribution in [0.3, 0.4) is 0 Å². The Kier molecular flexibility index (Phi) is 7.58. The highest BCUT2D eigenvalue weighted by Gasteiger charge is 2.15. The smallest absolute Gasteiger partial charge is 0.305 e. The number of hydrogen-bond acceptors (Lipinski definition) is 6. The maximum Gasteiger partial charge on any atom is 0.305 e. The van der Waals surface area contributed by atoms with Crippen LogP contribution < -0.4 is 5.32 Å². The first-order valence-corrected chi connectivity index (χ1v) is 10.5. The number of aliphatic imine (C=N–C) groups is 1. The minimum atomic E-state index is -0.274. The van der Waals surface area contributed by atoms with Gasteiger partial charge in [-0.25, -0.2) is 9.98 Å². The Hall–Kier alpha value is -3.70. The van der Waals surface area contributed by atoms with Crippen molar-refractivity contribution in [2.24, 2.45) is 12.0 Å². The van der Waals surface area contributed by atoms with Gasteiger partial charge in [0.15, 0.2) is 11.0 Å². The summed E-state index contributed by atoms with van der Waals surface area (Å²) in [6.45, 7) is 2.47. The zero-order chi connectivity index (χ0) is 23.1. The zero-order valence-electron chi connectivity index (χ0n) is 17.8. The van der Waals surface area contributed by atoms with E-state index in [1.807, 2.05) is 7.05 Å². The van der Waals surface area contributed by atoms with Crippen molar-refractivity contribution in [2.75, 3.05) is 13.2 Å². The Bertz CT molecular complexity index is 1210. The SMILES string of the molecule is CCOC(=O)CCCNC(=O)c1ccc2c(c1)nc(C(Cl)=Nc1ccc(C#N)cc1)n2C. The van der Waals surface area contributed by atoms with Crippen LogP contribution in [-0.2, 0) is 16.6 Å². The molecular weight excluding hydrogens is 430 g/mol. The molecule has 8 nitrogen and oxygen atoms in total. The fraction of sp³-hybridized carbons (Fsp3) is 0.261. The third kappa shape index (κ3) is 5.50. The Morgan fingerprint density at radius 1 is 1.25 bits per heavy atom. The molecule has 32 heavy (non-hydrogen) atoms. The van der Waals surface area contributed by atoms with Crippen molar-refractivity contribution in [3.63, 3.8) is 0 Å². The second-order valence-electron chi connectivity index (χ2n) is 6.92. The summed E-state index contributed by atoms with van der Waals surface area (Å²) in [5, 5.41) is 11.9. The molecule has 3 aromatic rings. The number of hydrogen-bond donors (Lipinski definition) is 1. The molecule has 9 heteroatoms. The highest BCUT2D eigenvalue weighted by atomic mass is 35.5. The lowest BCUT2D eigenvalue weighted by Crippen LogP contribution is -2.25. The van der Waals surface area contributed by atoms with E-state index in [4.69, 9.17) is 21.6 Å². The van der Waals surface area contributed by atoms with E-state index in [9.17, 15) is 9.59 Å². The number of nitrogens with zero attached hydrogens (tertiary/aromatic N) is 4. The lowest BCUT2D eigenvalue weighted by Gasteiger charge is -2.05. The standard InChI is InChI=1S/C23H22ClN5O3/c1-3-32-20(30)5-4-12-26-23(31)16-8-11-19-18(13-16)28-22(29(19)2)21(24)27-17-9-6-15(14-25)7-10-17/h6-11,13H,3-5,12H2,1-2H3,(H,26,31). The van der Waals surface area contributed by atoms with Gasteiger partial charge in [-0.2, -0.15) is 5.26 Å². The molecule has 1 amide bonds. The summed E-state index contributed by atoms with van der Waals surface area (Å²) in [7, 11) is 1.82. The van der Waals surface area contributed by atoms with Crippen LogP contribution >= 0.6 is 11.6 Å². The van der Waals surface area contributed by atoms with Gasteiger partial charge in [-0.15, -0.1) is 0 Å². The van der Waals surface area contributed by atoms with Crippen LogP contribution in [0, 0.1) is 11.3 Å². The van der Waals surface area contributed by atoms with Gasteiger partial charge in [0.25, 0.3) is 5.91 Å². The average molecular weight is 452 g/mol. The van der Waals surface area contributed by atoms with Crippen molar-refractivity contribution in [3.05, 3.63) is 59.4 Å². The molecule has 1 heterocycles. The van der Waals surface area contributed by atoms with Gasteiger partial charge in [0, 0.05) is 25.6 Å². The summed E-state index contributed by atoms with van der Waals surface area (Å²) in [5.74, 6) is -0.0675. The van der Waals surface area contributed by atoms with Gasteiger partial charge in [-0.05, 0) is 55.8 Å². The van der Waals surface area contributed by atoms with Gasteiger partial charge in [0.05, 0.1) is 35.0 Å². The van der Waals surface area contributed by atoms with Crippen molar-refractivity contribution in [1.29, 1.82) is 5.26 Å². The second kappa shape index (κ2) is 10.6. The van der Waals surface area contributed by atoms with Crippen molar-refractivity contribution in [1.82, 2.24) is 14.9 Å². The number of ether oxygens (including phenoxy) is 1. The predicted octanol–water partition coefficient (Wildman–Crippen LogP) is 3.84. The van der Waals surface area contributed by atoms with Crippen LogP contribution in [0.5, 0.6) is 0 Å². The number of benzene rings is 2. The number of nitriles is 1. The van der Waals surface area contributed by atoms with Crippen LogP contribution in [-0.4, -0.2) is 39.8 Å². The van der Waals surface area contributed by atoms with Gasteiger partial charge >= 0.3 is 5.97 Å². The Morgan fingerprint density at radius 3 is 2.69 bits per heavy atom. The van der Waals surface area contributed by atoms with Gasteiger partial charge in [0.1, 0.15) is 0 Å². The molecule has 0 saturated heterocycles. The molecule has 0 saturated carbocycles. The Labute approximate surface area is 190 Å². The number of halogens is 1. The number of aryl methyl sites for hydroxylation is 1. The molecule has 0 radical (unpaired) electrons. The molecule has 0 aliphatic rings. The van der Waals surface area contributed by atoms with E-state index in [1.165, 1.54) is 0 Å². The van der Waals surface area contributed by atoms with Gasteiger partial charge in [-0.1, -0.05) is 11.6 Å². The summed E-state index contributed by atoms with van der Waals surface area (Å²) in [4.78, 5) is 32.7. The van der Waals surface area contributed by atoms with E-state index in [0.717, 1.165) is 5.52 Å². The summed E-state index contributed by atoms with van der Waals surface area (Å²) in [6, 6.07) is 14.0. The third-order valence-electron chi connectivity index (χ3n) is 4.70. The fourth-order valence-corrected chi connectivity index (χ4v) is 3.34.